The van der Waals surface area contributed by atoms with Crippen molar-refractivity contribution in [2.75, 3.05) is 0 Å². The average molecular weight is 1300 g/mol. The van der Waals surface area contributed by atoms with Crippen LogP contribution in [-0.4, -0.2) is 19.5 Å². The fourth-order valence-electron chi connectivity index (χ4n) is 11.9. The van der Waals surface area contributed by atoms with Crippen LogP contribution in [0, 0.1) is 45.9 Å². The van der Waals surface area contributed by atoms with Gasteiger partial charge in [-0.25, -0.2) is 0 Å². The number of fused-ring (bicyclic) bond motifs is 7. The van der Waals surface area contributed by atoms with Gasteiger partial charge in [0.05, 0.1) is 22.4 Å². The number of rotatable bonds is 13. The van der Waals surface area contributed by atoms with Crippen molar-refractivity contribution in [3.8, 4) is 50.7 Å². The van der Waals surface area contributed by atoms with Gasteiger partial charge < -0.3 is 23.4 Å². The molecule has 0 aliphatic rings. The molecule has 14 aromatic rings. The Balaban J connectivity index is 0.000000171. The maximum Gasteiger partial charge on any atom is 3.00 e. The van der Waals surface area contributed by atoms with Gasteiger partial charge in [0.25, 0.3) is 0 Å². The zero-order chi connectivity index (χ0) is 58.3. The number of aryl methyl sites for hydroxylation is 8. The molecule has 0 bridgehead atoms. The van der Waals surface area contributed by atoms with Gasteiger partial charge in [0.2, 0.25) is 0 Å². The molecule has 0 aliphatic carbocycles. The number of aromatic nitrogens is 4. The molecular weight excluding hydrogens is 1230 g/mol. The average Bonchev–Trinajstić information content (AvgIpc) is 2.05. The van der Waals surface area contributed by atoms with Gasteiger partial charge in [0.15, 0.2) is 0 Å². The van der Waals surface area contributed by atoms with E-state index < -0.39 is 0 Å². The first-order valence-corrected chi connectivity index (χ1v) is 29.8. The summed E-state index contributed by atoms with van der Waals surface area (Å²) in [6.45, 7) is 17.6. The van der Waals surface area contributed by atoms with Crippen molar-refractivity contribution in [1.29, 1.82) is 0 Å². The summed E-state index contributed by atoms with van der Waals surface area (Å²) in [5, 5.41) is 4.44. The Morgan fingerprint density at radius 2 is 1.10 bits per heavy atom. The first-order chi connectivity index (χ1) is 41.4. The quantitative estimate of drug-likeness (QED) is 0.108. The predicted molar refractivity (Wildman–Crippen MR) is 351 cm³/mol. The second-order valence-electron chi connectivity index (χ2n) is 23.4. The molecule has 7 heteroatoms. The van der Waals surface area contributed by atoms with E-state index in [0.717, 1.165) is 120 Å². The van der Waals surface area contributed by atoms with Crippen molar-refractivity contribution in [2.45, 2.75) is 92.9 Å². The summed E-state index contributed by atoms with van der Waals surface area (Å²) < 4.78 is 15.2. The van der Waals surface area contributed by atoms with Crippen LogP contribution in [0.1, 0.15) is 95.2 Å². The minimum absolute atomic E-state index is 0. The zero-order valence-electron chi connectivity index (χ0n) is 50.0. The van der Waals surface area contributed by atoms with Crippen molar-refractivity contribution in [3.63, 3.8) is 0 Å². The van der Waals surface area contributed by atoms with Gasteiger partial charge in [0.1, 0.15) is 16.7 Å². The topological polar surface area (TPSA) is 69.9 Å². The summed E-state index contributed by atoms with van der Waals surface area (Å²) in [4.78, 5) is 14.6. The number of benzene rings is 9. The summed E-state index contributed by atoms with van der Waals surface area (Å²) in [6.07, 6.45) is 8.00. The van der Waals surface area contributed by atoms with Gasteiger partial charge in [0, 0.05) is 34.2 Å². The molecule has 0 saturated carbocycles. The molecule has 424 valence electrons. The maximum absolute atomic E-state index is 6.52. The minimum Gasteiger partial charge on any atom is -0.501 e. The third-order valence-corrected chi connectivity index (χ3v) is 16.8. The summed E-state index contributed by atoms with van der Waals surface area (Å²) in [7, 11) is 0. The van der Waals surface area contributed by atoms with Crippen LogP contribution < -0.4 is 0 Å². The Kier molecular flexibility index (Phi) is 16.4. The summed E-state index contributed by atoms with van der Waals surface area (Å²) in [5.41, 5.74) is 26.8. The minimum atomic E-state index is 0. The molecule has 0 atom stereocenters. The van der Waals surface area contributed by atoms with Crippen LogP contribution in [-0.2, 0) is 45.8 Å². The molecule has 0 amide bonds. The molecule has 0 saturated heterocycles. The van der Waals surface area contributed by atoms with Crippen molar-refractivity contribution < 1.29 is 28.9 Å². The molecular formula is C79H67IrN4O2. The first kappa shape index (κ1) is 57.4. The molecule has 0 radical (unpaired) electrons. The van der Waals surface area contributed by atoms with Crippen LogP contribution in [0.4, 0.5) is 0 Å². The molecule has 0 spiro atoms. The van der Waals surface area contributed by atoms with Crippen LogP contribution in [0.5, 0.6) is 0 Å². The standard InChI is InChI=1S/C43H33N2O2.C36H34N2.Ir/c1-25(2)34-22-28(27-20-21-31-29-12-5-9-18-38(29)46-40(31)24-27)23-35(26(3)4)41(34)45-37-17-8-7-16-36(37)44-43(45)33-15-11-14-32-30-13-6-10-19-39(30)47-42(32)33;1-25-8-15-32(16-9-25)36-21-27(3)34(24-38-36)19-14-31-7-5-6-30(22-31)11-10-29-12-17-33(18-13-29)35-20-26(2)28(4)23-37-35;/h5-14,16-26H,1-4H3;5-9,12-13,15,17,20-24H,10-11,14,19H2,1-4H3;/q-1;-2;+3. The molecule has 5 aromatic heterocycles. The second kappa shape index (κ2) is 24.5. The van der Waals surface area contributed by atoms with Gasteiger partial charge in [-0.1, -0.05) is 154 Å². The largest absolute Gasteiger partial charge is 3.00 e. The Hall–Kier alpha value is -9.00. The number of nitrogens with zero attached hydrogens (tertiary/aromatic N) is 4. The van der Waals surface area contributed by atoms with E-state index >= 15 is 0 Å². The Bertz CT molecular complexity index is 4740. The van der Waals surface area contributed by atoms with Crippen LogP contribution >= 0.6 is 0 Å². The molecule has 0 N–H and O–H groups in total. The number of hydrogen-bond donors (Lipinski definition) is 0. The van der Waals surface area contributed by atoms with E-state index in [0.29, 0.717) is 0 Å². The molecule has 86 heavy (non-hydrogen) atoms. The third-order valence-electron chi connectivity index (χ3n) is 16.8. The van der Waals surface area contributed by atoms with Crippen LogP contribution in [0.15, 0.2) is 209 Å². The Morgan fingerprint density at radius 3 is 1.79 bits per heavy atom. The van der Waals surface area contributed by atoms with Gasteiger partial charge in [-0.05, 0) is 156 Å². The molecule has 0 unspecified atom stereocenters. The molecule has 5 heterocycles. The number of para-hydroxylation sites is 4. The summed E-state index contributed by atoms with van der Waals surface area (Å²) >= 11 is 0. The van der Waals surface area contributed by atoms with E-state index in [1.165, 1.54) is 66.9 Å². The van der Waals surface area contributed by atoms with Crippen molar-refractivity contribution in [1.82, 2.24) is 19.5 Å². The van der Waals surface area contributed by atoms with E-state index in [1.807, 2.05) is 48.8 Å². The first-order valence-electron chi connectivity index (χ1n) is 29.8. The predicted octanol–water partition coefficient (Wildman–Crippen LogP) is 20.4. The molecule has 0 aliphatic heterocycles. The Morgan fingerprint density at radius 1 is 0.477 bits per heavy atom. The SMILES string of the molecule is CC(C)c1cc(-c2ccc3c(c2)oc2ccccc23)cc(C(C)C)c1-n1c(-c2[c-]ccc3c2oc2ccccc23)nc2ccccc21.Cc1c[c-]c(-c2cc(C)c(CCc3cccc(CCc4c[c-]c(-c5cc(C)c(C)cn5)cc4)c3)cn2)cc1.[Ir+3]. The monoisotopic (exact) mass is 1300 g/mol. The molecule has 0 fully saturated rings. The molecule has 9 aromatic carbocycles. The van der Waals surface area contributed by atoms with E-state index in [2.05, 4.69) is 235 Å². The summed E-state index contributed by atoms with van der Waals surface area (Å²) in [5.74, 6) is 1.32. The van der Waals surface area contributed by atoms with Gasteiger partial charge in [-0.15, -0.1) is 89.0 Å². The van der Waals surface area contributed by atoms with Crippen LogP contribution in [0.2, 0.25) is 0 Å². The molecule has 6 nitrogen and oxygen atoms in total. The number of furan rings is 2. The van der Waals surface area contributed by atoms with Crippen molar-refractivity contribution in [2.24, 2.45) is 0 Å². The fourth-order valence-corrected chi connectivity index (χ4v) is 11.9. The smallest absolute Gasteiger partial charge is 0.501 e. The normalized spacial score (nSPS) is 11.6. The molecule has 14 rings (SSSR count). The van der Waals surface area contributed by atoms with Crippen molar-refractivity contribution >= 4 is 54.9 Å². The third kappa shape index (κ3) is 11.5. The Labute approximate surface area is 518 Å². The second-order valence-corrected chi connectivity index (χ2v) is 23.4. The van der Waals surface area contributed by atoms with Gasteiger partial charge in [-0.2, -0.15) is 0 Å². The maximum atomic E-state index is 6.52. The van der Waals surface area contributed by atoms with E-state index in [4.69, 9.17) is 18.8 Å². The number of imidazole rings is 1. The summed E-state index contributed by atoms with van der Waals surface area (Å²) in [6, 6.07) is 76.6. The van der Waals surface area contributed by atoms with Crippen molar-refractivity contribution in [3.05, 3.63) is 274 Å². The van der Waals surface area contributed by atoms with E-state index in [1.54, 1.807) is 0 Å². The number of pyridine rings is 2. The van der Waals surface area contributed by atoms with Crippen LogP contribution in [0.3, 0.4) is 0 Å². The van der Waals surface area contributed by atoms with Gasteiger partial charge >= 0.3 is 20.1 Å². The number of hydrogen-bond acceptors (Lipinski definition) is 5. The van der Waals surface area contributed by atoms with Crippen LogP contribution in [0.25, 0.3) is 106 Å². The van der Waals surface area contributed by atoms with E-state index in [-0.39, 0.29) is 31.9 Å². The zero-order valence-corrected chi connectivity index (χ0v) is 52.4. The van der Waals surface area contributed by atoms with Gasteiger partial charge in [-0.3, -0.25) is 4.98 Å². The van der Waals surface area contributed by atoms with E-state index in [9.17, 15) is 0 Å². The fraction of sp³-hybridized carbons (Fsp3) is 0.177.